The van der Waals surface area contributed by atoms with E-state index in [1.54, 1.807) is 24.3 Å². The monoisotopic (exact) mass is 331 g/mol. The maximum Gasteiger partial charge on any atom is 0.309 e. The molecule has 116 valence electrons. The average molecular weight is 332 g/mol. The Labute approximate surface area is 136 Å². The molecule has 0 aliphatic carbocycles. The summed E-state index contributed by atoms with van der Waals surface area (Å²) in [5, 5.41) is 9.56. The van der Waals surface area contributed by atoms with Gasteiger partial charge in [0, 0.05) is 16.1 Å². The lowest BCUT2D eigenvalue weighted by molar-refractivity contribution is -0.136. The number of aromatic nitrogens is 1. The fraction of sp³-hybridized carbons (Fsp3) is 0.0588. The smallest absolute Gasteiger partial charge is 0.309 e. The second-order valence-corrected chi connectivity index (χ2v) is 5.32. The molecule has 6 heteroatoms. The summed E-state index contributed by atoms with van der Waals surface area (Å²) in [5.74, 6) is -0.821. The van der Waals surface area contributed by atoms with E-state index in [4.69, 9.17) is 21.1 Å². The van der Waals surface area contributed by atoms with E-state index in [9.17, 15) is 9.18 Å². The molecule has 0 aliphatic rings. The van der Waals surface area contributed by atoms with Crippen molar-refractivity contribution in [2.75, 3.05) is 0 Å². The lowest BCUT2D eigenvalue weighted by Crippen LogP contribution is -2.01. The number of carboxylic acid groups (broad SMARTS) is 1. The summed E-state index contributed by atoms with van der Waals surface area (Å²) in [6.45, 7) is 0. The molecular weight excluding hydrogens is 321 g/mol. The highest BCUT2D eigenvalue weighted by molar-refractivity contribution is 6.30. The zero-order valence-electron chi connectivity index (χ0n) is 11.8. The Morgan fingerprint density at radius 2 is 1.91 bits per heavy atom. The molecule has 0 spiro atoms. The van der Waals surface area contributed by atoms with Crippen LogP contribution in [-0.2, 0) is 11.2 Å². The summed E-state index contributed by atoms with van der Waals surface area (Å²) < 4.78 is 18.8. The molecule has 0 unspecified atom stereocenters. The first-order valence-corrected chi connectivity index (χ1v) is 7.14. The molecule has 0 amide bonds. The molecule has 0 fully saturated rings. The quantitative estimate of drug-likeness (QED) is 0.768. The van der Waals surface area contributed by atoms with Crippen LogP contribution in [0, 0.1) is 5.82 Å². The molecule has 3 rings (SSSR count). The summed E-state index contributed by atoms with van der Waals surface area (Å²) in [5.41, 5.74) is 1.49. The van der Waals surface area contributed by atoms with Crippen molar-refractivity contribution in [3.8, 4) is 22.8 Å². The van der Waals surface area contributed by atoms with Crippen LogP contribution >= 0.6 is 11.6 Å². The van der Waals surface area contributed by atoms with Crippen LogP contribution < -0.4 is 0 Å². The second kappa shape index (κ2) is 6.22. The Bertz CT molecular complexity index is 859. The van der Waals surface area contributed by atoms with Gasteiger partial charge in [0.2, 0.25) is 5.89 Å². The highest BCUT2D eigenvalue weighted by Gasteiger charge is 2.19. The minimum atomic E-state index is -1.02. The highest BCUT2D eigenvalue weighted by Crippen LogP contribution is 2.31. The minimum absolute atomic E-state index is 0.233. The van der Waals surface area contributed by atoms with E-state index in [-0.39, 0.29) is 18.1 Å². The van der Waals surface area contributed by atoms with Crippen molar-refractivity contribution < 1.29 is 18.7 Å². The van der Waals surface area contributed by atoms with Crippen LogP contribution in [0.4, 0.5) is 4.39 Å². The maximum atomic E-state index is 13.0. The van der Waals surface area contributed by atoms with Crippen molar-refractivity contribution in [1.29, 1.82) is 0 Å². The Balaban J connectivity index is 2.10. The molecule has 0 aliphatic heterocycles. The largest absolute Gasteiger partial charge is 0.481 e. The fourth-order valence-electron chi connectivity index (χ4n) is 2.19. The molecule has 1 aromatic heterocycles. The van der Waals surface area contributed by atoms with Gasteiger partial charge < -0.3 is 9.52 Å². The van der Waals surface area contributed by atoms with E-state index >= 15 is 0 Å². The average Bonchev–Trinajstić information content (AvgIpc) is 2.91. The number of rotatable bonds is 4. The summed E-state index contributed by atoms with van der Waals surface area (Å²) in [7, 11) is 0. The Morgan fingerprint density at radius 1 is 1.17 bits per heavy atom. The van der Waals surface area contributed by atoms with Gasteiger partial charge in [-0.3, -0.25) is 4.79 Å². The number of oxazole rings is 1. The van der Waals surface area contributed by atoms with Gasteiger partial charge in [-0.15, -0.1) is 0 Å². The summed E-state index contributed by atoms with van der Waals surface area (Å²) in [6.07, 6.45) is -0.285. The fourth-order valence-corrected chi connectivity index (χ4v) is 2.38. The molecule has 0 radical (unpaired) electrons. The molecule has 2 aromatic carbocycles. The summed E-state index contributed by atoms with van der Waals surface area (Å²) >= 11 is 5.97. The van der Waals surface area contributed by atoms with E-state index < -0.39 is 5.97 Å². The normalized spacial score (nSPS) is 10.7. The van der Waals surface area contributed by atoms with E-state index in [2.05, 4.69) is 4.98 Å². The summed E-state index contributed by atoms with van der Waals surface area (Å²) in [6, 6.07) is 12.5. The van der Waals surface area contributed by atoms with Gasteiger partial charge in [-0.2, -0.15) is 0 Å². The van der Waals surface area contributed by atoms with Gasteiger partial charge in [-0.05, 0) is 36.4 Å². The standard InChI is InChI=1S/C17H11ClFNO3/c18-12-3-1-2-11(8-12)16-14(9-15(21)22)20-17(23-16)10-4-6-13(19)7-5-10/h1-8H,9H2,(H,21,22). The lowest BCUT2D eigenvalue weighted by Gasteiger charge is -2.00. The van der Waals surface area contributed by atoms with Crippen LogP contribution in [-0.4, -0.2) is 16.1 Å². The Kier molecular flexibility index (Phi) is 4.12. The third-order valence-electron chi connectivity index (χ3n) is 3.19. The van der Waals surface area contributed by atoms with Crippen LogP contribution in [0.3, 0.4) is 0 Å². The zero-order valence-corrected chi connectivity index (χ0v) is 12.5. The Hall–Kier alpha value is -2.66. The zero-order chi connectivity index (χ0) is 16.4. The van der Waals surface area contributed by atoms with Gasteiger partial charge in [-0.1, -0.05) is 23.7 Å². The first-order chi connectivity index (χ1) is 11.0. The van der Waals surface area contributed by atoms with Crippen molar-refractivity contribution in [2.45, 2.75) is 6.42 Å². The molecule has 0 saturated carbocycles. The van der Waals surface area contributed by atoms with E-state index in [0.717, 1.165) is 0 Å². The van der Waals surface area contributed by atoms with Crippen LogP contribution in [0.2, 0.25) is 5.02 Å². The number of benzene rings is 2. The van der Waals surface area contributed by atoms with Crippen LogP contribution in [0.5, 0.6) is 0 Å². The third kappa shape index (κ3) is 3.40. The number of hydrogen-bond acceptors (Lipinski definition) is 3. The molecule has 0 bridgehead atoms. The number of hydrogen-bond donors (Lipinski definition) is 1. The molecule has 0 atom stereocenters. The van der Waals surface area contributed by atoms with Crippen LogP contribution in [0.15, 0.2) is 52.9 Å². The van der Waals surface area contributed by atoms with E-state index in [1.807, 2.05) is 0 Å². The molecule has 1 N–H and O–H groups in total. The van der Waals surface area contributed by atoms with Gasteiger partial charge in [0.1, 0.15) is 5.82 Å². The van der Waals surface area contributed by atoms with E-state index in [1.165, 1.54) is 24.3 Å². The van der Waals surface area contributed by atoms with Crippen molar-refractivity contribution in [3.63, 3.8) is 0 Å². The maximum absolute atomic E-state index is 13.0. The number of carboxylic acids is 1. The SMILES string of the molecule is O=C(O)Cc1nc(-c2ccc(F)cc2)oc1-c1cccc(Cl)c1. The van der Waals surface area contributed by atoms with Gasteiger partial charge >= 0.3 is 5.97 Å². The molecule has 3 aromatic rings. The number of carbonyl (C=O) groups is 1. The number of aliphatic carboxylic acids is 1. The highest BCUT2D eigenvalue weighted by atomic mass is 35.5. The Morgan fingerprint density at radius 3 is 2.57 bits per heavy atom. The molecular formula is C17H11ClFNO3. The van der Waals surface area contributed by atoms with E-state index in [0.29, 0.717) is 27.6 Å². The van der Waals surface area contributed by atoms with Gasteiger partial charge in [0.05, 0.1) is 12.1 Å². The molecule has 4 nitrogen and oxygen atoms in total. The number of halogens is 2. The minimum Gasteiger partial charge on any atom is -0.481 e. The van der Waals surface area contributed by atoms with Gasteiger partial charge in [-0.25, -0.2) is 9.37 Å². The van der Waals surface area contributed by atoms with Gasteiger partial charge in [0.15, 0.2) is 5.76 Å². The summed E-state index contributed by atoms with van der Waals surface area (Å²) in [4.78, 5) is 15.3. The first-order valence-electron chi connectivity index (χ1n) is 6.76. The van der Waals surface area contributed by atoms with Crippen molar-refractivity contribution >= 4 is 17.6 Å². The second-order valence-electron chi connectivity index (χ2n) is 4.88. The van der Waals surface area contributed by atoms with Crippen molar-refractivity contribution in [3.05, 3.63) is 65.1 Å². The van der Waals surface area contributed by atoms with Crippen LogP contribution in [0.1, 0.15) is 5.69 Å². The lowest BCUT2D eigenvalue weighted by atomic mass is 10.1. The number of nitrogens with zero attached hydrogens (tertiary/aromatic N) is 1. The topological polar surface area (TPSA) is 63.3 Å². The predicted molar refractivity (Wildman–Crippen MR) is 83.7 cm³/mol. The van der Waals surface area contributed by atoms with Crippen molar-refractivity contribution in [1.82, 2.24) is 4.98 Å². The first kappa shape index (κ1) is 15.2. The third-order valence-corrected chi connectivity index (χ3v) is 3.43. The predicted octanol–water partition coefficient (Wildman–Crippen LogP) is 4.43. The van der Waals surface area contributed by atoms with Crippen LogP contribution in [0.25, 0.3) is 22.8 Å². The molecule has 0 saturated heterocycles. The molecule has 1 heterocycles. The van der Waals surface area contributed by atoms with Gasteiger partial charge in [0.25, 0.3) is 0 Å². The molecule has 23 heavy (non-hydrogen) atoms. The van der Waals surface area contributed by atoms with Crippen molar-refractivity contribution in [2.24, 2.45) is 0 Å².